The molecule has 154 valence electrons. The largest absolute Gasteiger partial charge is 0.364 e. The van der Waals surface area contributed by atoms with Crippen molar-refractivity contribution < 1.29 is 8.78 Å². The molecule has 2 aromatic carbocycles. The Labute approximate surface area is 180 Å². The van der Waals surface area contributed by atoms with E-state index in [1.807, 2.05) is 30.3 Å². The van der Waals surface area contributed by atoms with Gasteiger partial charge in [0.2, 0.25) is 0 Å². The Balaban J connectivity index is 1.91. The molecule has 0 fully saturated rings. The van der Waals surface area contributed by atoms with Crippen LogP contribution in [0.15, 0.2) is 53.6 Å². The van der Waals surface area contributed by atoms with Crippen molar-refractivity contribution in [2.75, 3.05) is 12.0 Å². The first kappa shape index (κ1) is 20.5. The van der Waals surface area contributed by atoms with Crippen LogP contribution in [0.5, 0.6) is 0 Å². The number of benzene rings is 2. The third-order valence-corrected chi connectivity index (χ3v) is 4.85. The number of anilines is 1. The van der Waals surface area contributed by atoms with Gasteiger partial charge in [0.05, 0.1) is 17.7 Å². The Kier molecular flexibility index (Phi) is 5.62. The molecule has 2 aromatic heterocycles. The summed E-state index contributed by atoms with van der Waals surface area (Å²) in [6.45, 7) is 1.39. The molecular formula is C21H14ClF2N7. The summed E-state index contributed by atoms with van der Waals surface area (Å²) in [5.74, 6) is -1.20. The van der Waals surface area contributed by atoms with Crippen molar-refractivity contribution >= 4 is 28.3 Å². The molecule has 0 saturated heterocycles. The average Bonchev–Trinajstić information content (AvgIpc) is 2.74. The molecule has 0 saturated carbocycles. The Hall–Kier alpha value is -3.81. The van der Waals surface area contributed by atoms with Gasteiger partial charge in [-0.3, -0.25) is 0 Å². The molecule has 0 atom stereocenters. The molecule has 0 radical (unpaired) electrons. The van der Waals surface area contributed by atoms with Crippen molar-refractivity contribution in [2.45, 2.75) is 6.92 Å². The maximum absolute atomic E-state index is 14.7. The quantitative estimate of drug-likeness (QED) is 0.172. The number of pyridine rings is 1. The van der Waals surface area contributed by atoms with Gasteiger partial charge >= 0.3 is 0 Å². The van der Waals surface area contributed by atoms with Crippen molar-refractivity contribution in [1.82, 2.24) is 15.0 Å². The van der Waals surface area contributed by atoms with Gasteiger partial charge in [0.15, 0.2) is 5.82 Å². The molecular weight excluding hydrogens is 424 g/mol. The standard InChI is InChI=1S/C21H14ClF2N7/c1-11-8-13(23)9-14(24)17(11)18-19(22)29-20(30-21(18)26-10-27-31-25)16-7-6-12-4-2-3-5-15(12)28-16/h2-9H,10H2,1H3,(H,26,29,30). The van der Waals surface area contributed by atoms with Crippen LogP contribution >= 0.6 is 11.6 Å². The Morgan fingerprint density at radius 1 is 1.06 bits per heavy atom. The number of hydrogen-bond acceptors (Lipinski definition) is 5. The highest BCUT2D eigenvalue weighted by molar-refractivity contribution is 6.33. The zero-order valence-electron chi connectivity index (χ0n) is 16.1. The van der Waals surface area contributed by atoms with E-state index in [2.05, 4.69) is 30.3 Å². The predicted molar refractivity (Wildman–Crippen MR) is 116 cm³/mol. The van der Waals surface area contributed by atoms with E-state index in [4.69, 9.17) is 17.1 Å². The van der Waals surface area contributed by atoms with Gasteiger partial charge in [-0.05, 0) is 36.2 Å². The first-order chi connectivity index (χ1) is 15.0. The van der Waals surface area contributed by atoms with Gasteiger partial charge in [0.25, 0.3) is 0 Å². The average molecular weight is 438 g/mol. The molecule has 10 heteroatoms. The lowest BCUT2D eigenvalue weighted by molar-refractivity contribution is 0.584. The van der Waals surface area contributed by atoms with E-state index in [0.717, 1.165) is 17.0 Å². The molecule has 4 aromatic rings. The molecule has 2 heterocycles. The summed E-state index contributed by atoms with van der Waals surface area (Å²) in [5.41, 5.74) is 10.3. The number of fused-ring (bicyclic) bond motifs is 1. The summed E-state index contributed by atoms with van der Waals surface area (Å²) in [7, 11) is 0. The monoisotopic (exact) mass is 437 g/mol. The van der Waals surface area contributed by atoms with Gasteiger partial charge in [0, 0.05) is 21.9 Å². The second-order valence-corrected chi connectivity index (χ2v) is 6.95. The minimum Gasteiger partial charge on any atom is -0.364 e. The normalized spacial score (nSPS) is 10.7. The number of hydrogen-bond donors (Lipinski definition) is 1. The zero-order valence-corrected chi connectivity index (χ0v) is 16.9. The van der Waals surface area contributed by atoms with E-state index < -0.39 is 11.6 Å². The second-order valence-electron chi connectivity index (χ2n) is 6.60. The van der Waals surface area contributed by atoms with E-state index in [1.165, 1.54) is 6.07 Å². The molecule has 0 unspecified atom stereocenters. The van der Waals surface area contributed by atoms with Crippen molar-refractivity contribution in [3.8, 4) is 22.6 Å². The summed E-state index contributed by atoms with van der Waals surface area (Å²) < 4.78 is 28.3. The van der Waals surface area contributed by atoms with Gasteiger partial charge in [0.1, 0.15) is 28.3 Å². The third-order valence-electron chi connectivity index (χ3n) is 4.58. The third kappa shape index (κ3) is 4.09. The number of para-hydroxylation sites is 1. The van der Waals surface area contributed by atoms with Crippen LogP contribution in [-0.2, 0) is 0 Å². The summed E-state index contributed by atoms with van der Waals surface area (Å²) >= 11 is 6.45. The number of rotatable bonds is 5. The summed E-state index contributed by atoms with van der Waals surface area (Å²) in [6.07, 6.45) is 0. The van der Waals surface area contributed by atoms with Crippen LogP contribution in [0.25, 0.3) is 44.0 Å². The first-order valence-corrected chi connectivity index (χ1v) is 9.50. The smallest absolute Gasteiger partial charge is 0.181 e. The van der Waals surface area contributed by atoms with E-state index >= 15 is 0 Å². The highest BCUT2D eigenvalue weighted by atomic mass is 35.5. The molecule has 4 rings (SSSR count). The minimum absolute atomic E-state index is 0.0489. The van der Waals surface area contributed by atoms with Crippen LogP contribution in [0.3, 0.4) is 0 Å². The Bertz CT molecular complexity index is 1330. The van der Waals surface area contributed by atoms with Gasteiger partial charge in [-0.25, -0.2) is 23.7 Å². The molecule has 0 spiro atoms. The first-order valence-electron chi connectivity index (χ1n) is 9.12. The van der Waals surface area contributed by atoms with E-state index in [-0.39, 0.29) is 34.6 Å². The van der Waals surface area contributed by atoms with Crippen LogP contribution < -0.4 is 5.32 Å². The molecule has 0 aliphatic carbocycles. The summed E-state index contributed by atoms with van der Waals surface area (Å²) in [5, 5.41) is 7.14. The number of aromatic nitrogens is 3. The van der Waals surface area contributed by atoms with Crippen LogP contribution in [0.4, 0.5) is 14.6 Å². The topological polar surface area (TPSA) is 99.5 Å². The predicted octanol–water partition coefficient (Wildman–Crippen LogP) is 6.28. The lowest BCUT2D eigenvalue weighted by atomic mass is 10.0. The van der Waals surface area contributed by atoms with Crippen LogP contribution in [-0.4, -0.2) is 21.6 Å². The maximum Gasteiger partial charge on any atom is 0.181 e. The van der Waals surface area contributed by atoms with Crippen LogP contribution in [0.1, 0.15) is 5.56 Å². The van der Waals surface area contributed by atoms with Crippen molar-refractivity contribution in [1.29, 1.82) is 0 Å². The number of nitrogens with one attached hydrogen (secondary N) is 1. The molecule has 7 nitrogen and oxygen atoms in total. The molecule has 0 amide bonds. The van der Waals surface area contributed by atoms with E-state index in [9.17, 15) is 8.78 Å². The van der Waals surface area contributed by atoms with Crippen molar-refractivity contribution in [3.63, 3.8) is 0 Å². The minimum atomic E-state index is -0.814. The van der Waals surface area contributed by atoms with Crippen LogP contribution in [0.2, 0.25) is 5.15 Å². The number of aryl methyl sites for hydroxylation is 1. The SMILES string of the molecule is Cc1cc(F)cc(F)c1-c1c(Cl)nc(-c2ccc3ccccc3n2)nc1NCN=[N+]=[N-]. The molecule has 0 aliphatic rings. The molecule has 0 aliphatic heterocycles. The Morgan fingerprint density at radius 2 is 1.87 bits per heavy atom. The zero-order chi connectivity index (χ0) is 22.0. The highest BCUT2D eigenvalue weighted by Gasteiger charge is 2.22. The highest BCUT2D eigenvalue weighted by Crippen LogP contribution is 2.38. The molecule has 0 bridgehead atoms. The fourth-order valence-corrected chi connectivity index (χ4v) is 3.51. The van der Waals surface area contributed by atoms with E-state index in [1.54, 1.807) is 13.0 Å². The lowest BCUT2D eigenvalue weighted by Crippen LogP contribution is -2.07. The number of halogens is 3. The van der Waals surface area contributed by atoms with Crippen molar-refractivity contribution in [2.24, 2.45) is 5.11 Å². The second kappa shape index (κ2) is 8.51. The fraction of sp³-hybridized carbons (Fsp3) is 0.0952. The summed E-state index contributed by atoms with van der Waals surface area (Å²) in [4.78, 5) is 16.0. The van der Waals surface area contributed by atoms with Gasteiger partial charge in [-0.15, -0.1) is 0 Å². The van der Waals surface area contributed by atoms with Gasteiger partial charge in [-0.2, -0.15) is 0 Å². The van der Waals surface area contributed by atoms with Gasteiger partial charge < -0.3 is 5.32 Å². The number of nitrogens with zero attached hydrogens (tertiary/aromatic N) is 6. The summed E-state index contributed by atoms with van der Waals surface area (Å²) in [6, 6.07) is 13.1. The lowest BCUT2D eigenvalue weighted by Gasteiger charge is -2.15. The van der Waals surface area contributed by atoms with E-state index in [0.29, 0.717) is 11.3 Å². The molecule has 1 N–H and O–H groups in total. The maximum atomic E-state index is 14.7. The Morgan fingerprint density at radius 3 is 2.65 bits per heavy atom. The van der Waals surface area contributed by atoms with Crippen molar-refractivity contribution in [3.05, 3.63) is 81.3 Å². The fourth-order valence-electron chi connectivity index (χ4n) is 3.25. The van der Waals surface area contributed by atoms with Gasteiger partial charge in [-0.1, -0.05) is 41.0 Å². The number of azide groups is 1. The molecule has 31 heavy (non-hydrogen) atoms. The van der Waals surface area contributed by atoms with Crippen LogP contribution in [0, 0.1) is 18.6 Å².